The number of alkyl halides is 2. The number of aromatic nitrogens is 4. The second-order valence-electron chi connectivity index (χ2n) is 5.86. The first-order valence-electron chi connectivity index (χ1n) is 7.82. The van der Waals surface area contributed by atoms with E-state index in [1.807, 2.05) is 0 Å². The summed E-state index contributed by atoms with van der Waals surface area (Å²) in [7, 11) is -4.16. The van der Waals surface area contributed by atoms with Gasteiger partial charge in [-0.05, 0) is 31.5 Å². The summed E-state index contributed by atoms with van der Waals surface area (Å²) in [6, 6.07) is 7.34. The number of benzene rings is 1. The molecule has 0 atom stereocenters. The van der Waals surface area contributed by atoms with Crippen LogP contribution in [0.5, 0.6) is 0 Å². The highest BCUT2D eigenvalue weighted by Crippen LogP contribution is 2.25. The van der Waals surface area contributed by atoms with E-state index in [-0.39, 0.29) is 34.5 Å². The van der Waals surface area contributed by atoms with Gasteiger partial charge in [-0.15, -0.1) is 0 Å². The smallest absolute Gasteiger partial charge is 0.266 e. The van der Waals surface area contributed by atoms with E-state index in [0.717, 1.165) is 0 Å². The standard InChI is InChI=1S/C16H16F3N5O2S/c1-10-15(11(2)24(20-10)16(18)19)27(25,26)22-14-6-7-23(21-14)9-12-4-3-5-13(17)8-12/h3-8,16H,9H2,1-2H3,(H,21,22). The van der Waals surface area contributed by atoms with E-state index in [1.165, 1.54) is 42.9 Å². The summed E-state index contributed by atoms with van der Waals surface area (Å²) in [6.07, 6.45) is 1.52. The van der Waals surface area contributed by atoms with Crippen LogP contribution in [0, 0.1) is 19.7 Å². The van der Waals surface area contributed by atoms with Crippen LogP contribution in [-0.2, 0) is 16.6 Å². The fourth-order valence-corrected chi connectivity index (χ4v) is 4.14. The zero-order valence-electron chi connectivity index (χ0n) is 14.4. The maximum atomic E-state index is 13.2. The van der Waals surface area contributed by atoms with Gasteiger partial charge in [0.25, 0.3) is 10.0 Å². The number of nitrogens with zero attached hydrogens (tertiary/aromatic N) is 4. The number of rotatable bonds is 6. The number of halogens is 3. The minimum atomic E-state index is -4.16. The molecule has 0 aliphatic heterocycles. The number of hydrogen-bond donors (Lipinski definition) is 1. The fraction of sp³-hybridized carbons (Fsp3) is 0.250. The van der Waals surface area contributed by atoms with Crippen molar-refractivity contribution in [3.8, 4) is 0 Å². The first-order valence-corrected chi connectivity index (χ1v) is 9.30. The van der Waals surface area contributed by atoms with Gasteiger partial charge in [0.1, 0.15) is 10.7 Å². The number of anilines is 1. The number of aryl methyl sites for hydroxylation is 1. The van der Waals surface area contributed by atoms with E-state index < -0.39 is 16.6 Å². The quantitative estimate of drug-likeness (QED) is 0.691. The summed E-state index contributed by atoms with van der Waals surface area (Å²) in [5.41, 5.74) is 0.436. The van der Waals surface area contributed by atoms with Crippen LogP contribution in [0.4, 0.5) is 19.0 Å². The van der Waals surface area contributed by atoms with Crippen molar-refractivity contribution in [1.82, 2.24) is 19.6 Å². The Morgan fingerprint density at radius 1 is 1.19 bits per heavy atom. The van der Waals surface area contributed by atoms with Gasteiger partial charge < -0.3 is 0 Å². The molecule has 2 aromatic heterocycles. The Kier molecular flexibility index (Phi) is 4.96. The Morgan fingerprint density at radius 3 is 2.56 bits per heavy atom. The molecule has 0 aliphatic carbocycles. The van der Waals surface area contributed by atoms with E-state index in [0.29, 0.717) is 10.2 Å². The van der Waals surface area contributed by atoms with Crippen molar-refractivity contribution in [2.45, 2.75) is 31.8 Å². The molecule has 0 fully saturated rings. The van der Waals surface area contributed by atoms with E-state index in [1.54, 1.807) is 12.1 Å². The minimum absolute atomic E-state index is 0.00926. The lowest BCUT2D eigenvalue weighted by atomic mass is 10.2. The molecule has 3 rings (SSSR count). The van der Waals surface area contributed by atoms with Crippen molar-refractivity contribution in [2.24, 2.45) is 0 Å². The van der Waals surface area contributed by atoms with Crippen molar-refractivity contribution < 1.29 is 21.6 Å². The third kappa shape index (κ3) is 3.97. The monoisotopic (exact) mass is 399 g/mol. The Morgan fingerprint density at radius 2 is 1.93 bits per heavy atom. The Labute approximate surface area is 153 Å². The van der Waals surface area contributed by atoms with Gasteiger partial charge in [0.2, 0.25) is 0 Å². The zero-order valence-corrected chi connectivity index (χ0v) is 15.2. The second kappa shape index (κ2) is 7.06. The minimum Gasteiger partial charge on any atom is -0.266 e. The molecule has 1 N–H and O–H groups in total. The summed E-state index contributed by atoms with van der Waals surface area (Å²) in [4.78, 5) is -0.317. The van der Waals surface area contributed by atoms with Crippen LogP contribution in [0.3, 0.4) is 0 Å². The van der Waals surface area contributed by atoms with Crippen LogP contribution in [0.25, 0.3) is 0 Å². The predicted molar refractivity (Wildman–Crippen MR) is 91.5 cm³/mol. The van der Waals surface area contributed by atoms with Crippen molar-refractivity contribution in [3.05, 3.63) is 59.3 Å². The average molecular weight is 399 g/mol. The lowest BCUT2D eigenvalue weighted by molar-refractivity contribution is 0.0538. The molecule has 0 amide bonds. The van der Waals surface area contributed by atoms with Crippen LogP contribution >= 0.6 is 0 Å². The number of nitrogens with one attached hydrogen (secondary N) is 1. The SMILES string of the molecule is Cc1nn(C(F)F)c(C)c1S(=O)(=O)Nc1ccn(Cc2cccc(F)c2)n1. The lowest BCUT2D eigenvalue weighted by Crippen LogP contribution is -2.16. The van der Waals surface area contributed by atoms with Crippen LogP contribution in [0.1, 0.15) is 23.5 Å². The van der Waals surface area contributed by atoms with Crippen molar-refractivity contribution in [1.29, 1.82) is 0 Å². The van der Waals surface area contributed by atoms with Crippen LogP contribution < -0.4 is 4.72 Å². The van der Waals surface area contributed by atoms with Gasteiger partial charge >= 0.3 is 6.55 Å². The van der Waals surface area contributed by atoms with Crippen LogP contribution in [0.15, 0.2) is 41.4 Å². The van der Waals surface area contributed by atoms with Gasteiger partial charge in [0.15, 0.2) is 5.82 Å². The second-order valence-corrected chi connectivity index (χ2v) is 7.48. The molecule has 0 radical (unpaired) electrons. The Hall–Kier alpha value is -2.82. The van der Waals surface area contributed by atoms with Crippen LogP contribution in [0.2, 0.25) is 0 Å². The molecule has 0 bridgehead atoms. The molecule has 0 aliphatic rings. The Balaban J connectivity index is 1.82. The highest BCUT2D eigenvalue weighted by atomic mass is 32.2. The summed E-state index contributed by atoms with van der Waals surface area (Å²) in [5, 5.41) is 7.65. The largest absolute Gasteiger partial charge is 0.333 e. The van der Waals surface area contributed by atoms with Gasteiger partial charge in [-0.3, -0.25) is 9.40 Å². The molecular weight excluding hydrogens is 383 g/mol. The van der Waals surface area contributed by atoms with Crippen molar-refractivity contribution in [3.63, 3.8) is 0 Å². The molecule has 7 nitrogen and oxygen atoms in total. The summed E-state index contributed by atoms with van der Waals surface area (Å²) >= 11 is 0. The lowest BCUT2D eigenvalue weighted by Gasteiger charge is -2.07. The fourth-order valence-electron chi connectivity index (χ4n) is 2.74. The highest BCUT2D eigenvalue weighted by molar-refractivity contribution is 7.92. The molecule has 0 spiro atoms. The highest BCUT2D eigenvalue weighted by Gasteiger charge is 2.27. The van der Waals surface area contributed by atoms with E-state index >= 15 is 0 Å². The van der Waals surface area contributed by atoms with Crippen molar-refractivity contribution >= 4 is 15.8 Å². The van der Waals surface area contributed by atoms with Gasteiger partial charge in [-0.2, -0.15) is 19.0 Å². The maximum absolute atomic E-state index is 13.2. The van der Waals surface area contributed by atoms with Gasteiger partial charge in [-0.1, -0.05) is 12.1 Å². The first kappa shape index (κ1) is 19.0. The number of sulfonamides is 1. The summed E-state index contributed by atoms with van der Waals surface area (Å²) in [6.45, 7) is -0.120. The van der Waals surface area contributed by atoms with Gasteiger partial charge in [0.05, 0.1) is 17.9 Å². The van der Waals surface area contributed by atoms with E-state index in [2.05, 4.69) is 14.9 Å². The maximum Gasteiger partial charge on any atom is 0.333 e. The molecule has 3 aromatic rings. The van der Waals surface area contributed by atoms with E-state index in [4.69, 9.17) is 0 Å². The molecule has 1 aromatic carbocycles. The molecule has 11 heteroatoms. The van der Waals surface area contributed by atoms with Gasteiger partial charge in [-0.25, -0.2) is 17.5 Å². The molecule has 0 saturated carbocycles. The molecule has 144 valence electrons. The third-order valence-corrected chi connectivity index (χ3v) is 5.43. The van der Waals surface area contributed by atoms with E-state index in [9.17, 15) is 21.6 Å². The predicted octanol–water partition coefficient (Wildman–Crippen LogP) is 3.08. The third-order valence-electron chi connectivity index (χ3n) is 3.83. The first-order chi connectivity index (χ1) is 12.7. The molecule has 2 heterocycles. The van der Waals surface area contributed by atoms with Crippen molar-refractivity contribution in [2.75, 3.05) is 4.72 Å². The van der Waals surface area contributed by atoms with Gasteiger partial charge in [0, 0.05) is 12.3 Å². The normalized spacial score (nSPS) is 11.9. The zero-order chi connectivity index (χ0) is 19.8. The van der Waals surface area contributed by atoms with Crippen LogP contribution in [-0.4, -0.2) is 28.0 Å². The number of hydrogen-bond acceptors (Lipinski definition) is 4. The molecular formula is C16H16F3N5O2S. The topological polar surface area (TPSA) is 81.8 Å². The molecule has 27 heavy (non-hydrogen) atoms. The summed E-state index contributed by atoms with van der Waals surface area (Å²) in [5.74, 6) is -0.377. The molecule has 0 unspecified atom stereocenters. The summed E-state index contributed by atoms with van der Waals surface area (Å²) < 4.78 is 68.3. The Bertz CT molecular complexity index is 1080. The molecule has 0 saturated heterocycles. The average Bonchev–Trinajstić information content (AvgIpc) is 3.10.